The first-order valence-corrected chi connectivity index (χ1v) is 10.4. The lowest BCUT2D eigenvalue weighted by atomic mass is 9.92. The van der Waals surface area contributed by atoms with E-state index in [2.05, 4.69) is 12.2 Å². The fraction of sp³-hybridized carbons (Fsp3) is 0.636. The highest BCUT2D eigenvalue weighted by atomic mass is 16.6. The van der Waals surface area contributed by atoms with Gasteiger partial charge in [-0.1, -0.05) is 19.1 Å². The van der Waals surface area contributed by atoms with E-state index < -0.39 is 0 Å². The van der Waals surface area contributed by atoms with Gasteiger partial charge in [0.25, 0.3) is 0 Å². The summed E-state index contributed by atoms with van der Waals surface area (Å²) in [5.74, 6) is 1.08. The van der Waals surface area contributed by atoms with Crippen molar-refractivity contribution in [2.24, 2.45) is 11.8 Å². The van der Waals surface area contributed by atoms with Gasteiger partial charge in [-0.15, -0.1) is 0 Å². The van der Waals surface area contributed by atoms with Gasteiger partial charge in [-0.3, -0.25) is 9.59 Å². The molecule has 1 aromatic rings. The van der Waals surface area contributed by atoms with Gasteiger partial charge < -0.3 is 19.5 Å². The largest absolute Gasteiger partial charge is 0.491 e. The van der Waals surface area contributed by atoms with Gasteiger partial charge in [0.1, 0.15) is 11.9 Å². The second kappa shape index (κ2) is 8.21. The van der Waals surface area contributed by atoms with Crippen LogP contribution in [0.25, 0.3) is 0 Å². The summed E-state index contributed by atoms with van der Waals surface area (Å²) in [6, 6.07) is 7.27. The molecule has 1 aliphatic carbocycles. The molecular formula is C22H29NO5. The Bertz CT molecular complexity index is 731. The first-order chi connectivity index (χ1) is 13.5. The van der Waals surface area contributed by atoms with Gasteiger partial charge >= 0.3 is 0 Å². The van der Waals surface area contributed by atoms with Gasteiger partial charge in [-0.2, -0.15) is 0 Å². The number of ether oxygens (including phenoxy) is 3. The summed E-state index contributed by atoms with van der Waals surface area (Å²) in [5, 5.41) is 3.06. The Balaban J connectivity index is 1.34. The Morgan fingerprint density at radius 2 is 2.00 bits per heavy atom. The van der Waals surface area contributed by atoms with Crippen LogP contribution in [0.1, 0.15) is 49.9 Å². The van der Waals surface area contributed by atoms with Crippen molar-refractivity contribution >= 4 is 11.7 Å². The predicted octanol–water partition coefficient (Wildman–Crippen LogP) is 2.75. The summed E-state index contributed by atoms with van der Waals surface area (Å²) in [5.41, 5.74) is 0.654. The van der Waals surface area contributed by atoms with Crippen molar-refractivity contribution in [3.8, 4) is 5.75 Å². The minimum absolute atomic E-state index is 0.0134. The summed E-state index contributed by atoms with van der Waals surface area (Å²) in [6.45, 7) is 5.02. The van der Waals surface area contributed by atoms with Gasteiger partial charge in [0.05, 0.1) is 31.5 Å². The normalized spacial score (nSPS) is 29.9. The number of ketones is 1. The van der Waals surface area contributed by atoms with Crippen molar-refractivity contribution < 1.29 is 23.8 Å². The zero-order valence-corrected chi connectivity index (χ0v) is 16.6. The highest BCUT2D eigenvalue weighted by Crippen LogP contribution is 2.35. The SMILES string of the molecule is CCC(C)Oc1cccc(C(=O)CC2COC3C(NC(=O)C4CC4)COC23)c1. The molecule has 0 radical (unpaired) electrons. The molecule has 3 aliphatic rings. The lowest BCUT2D eigenvalue weighted by Gasteiger charge is -2.18. The third-order valence-corrected chi connectivity index (χ3v) is 5.95. The quantitative estimate of drug-likeness (QED) is 0.695. The number of carbonyl (C=O) groups is 2. The van der Waals surface area contributed by atoms with E-state index in [0.717, 1.165) is 25.0 Å². The van der Waals surface area contributed by atoms with Crippen molar-refractivity contribution in [1.29, 1.82) is 0 Å². The summed E-state index contributed by atoms with van der Waals surface area (Å²) in [7, 11) is 0. The number of hydrogen-bond acceptors (Lipinski definition) is 5. The molecule has 1 aromatic carbocycles. The average Bonchev–Trinajstić information content (AvgIpc) is 3.37. The summed E-state index contributed by atoms with van der Waals surface area (Å²) >= 11 is 0. The second-order valence-corrected chi connectivity index (χ2v) is 8.24. The van der Waals surface area contributed by atoms with Crippen molar-refractivity contribution in [3.05, 3.63) is 29.8 Å². The van der Waals surface area contributed by atoms with Crippen LogP contribution in [0.5, 0.6) is 5.75 Å². The van der Waals surface area contributed by atoms with E-state index in [1.165, 1.54) is 0 Å². The summed E-state index contributed by atoms with van der Waals surface area (Å²) in [6.07, 6.45) is 3.07. The Morgan fingerprint density at radius 3 is 2.75 bits per heavy atom. The zero-order chi connectivity index (χ0) is 19.7. The second-order valence-electron chi connectivity index (χ2n) is 8.24. The number of fused-ring (bicyclic) bond motifs is 1. The fourth-order valence-corrected chi connectivity index (χ4v) is 3.94. The van der Waals surface area contributed by atoms with Gasteiger partial charge in [0, 0.05) is 23.8 Å². The van der Waals surface area contributed by atoms with Crippen molar-refractivity contribution in [2.75, 3.05) is 13.2 Å². The van der Waals surface area contributed by atoms with Crippen molar-refractivity contribution in [3.63, 3.8) is 0 Å². The van der Waals surface area contributed by atoms with Crippen LogP contribution in [0.3, 0.4) is 0 Å². The maximum Gasteiger partial charge on any atom is 0.223 e. The van der Waals surface area contributed by atoms with Crippen molar-refractivity contribution in [2.45, 2.75) is 63.9 Å². The molecule has 6 heteroatoms. The minimum Gasteiger partial charge on any atom is -0.491 e. The van der Waals surface area contributed by atoms with E-state index in [-0.39, 0.29) is 47.9 Å². The molecule has 6 nitrogen and oxygen atoms in total. The molecule has 1 amide bonds. The van der Waals surface area contributed by atoms with Crippen LogP contribution in [0.2, 0.25) is 0 Å². The van der Waals surface area contributed by atoms with E-state index in [4.69, 9.17) is 14.2 Å². The molecule has 0 spiro atoms. The van der Waals surface area contributed by atoms with Gasteiger partial charge in [-0.05, 0) is 38.3 Å². The van der Waals surface area contributed by atoms with Crippen LogP contribution in [-0.2, 0) is 14.3 Å². The minimum atomic E-state index is -0.152. The highest BCUT2D eigenvalue weighted by molar-refractivity contribution is 5.96. The molecule has 1 saturated carbocycles. The van der Waals surface area contributed by atoms with E-state index >= 15 is 0 Å². The maximum atomic E-state index is 12.8. The number of nitrogens with one attached hydrogen (secondary N) is 1. The molecule has 4 rings (SSSR count). The number of hydrogen-bond donors (Lipinski definition) is 1. The average molecular weight is 387 g/mol. The van der Waals surface area contributed by atoms with E-state index in [0.29, 0.717) is 25.2 Å². The molecule has 152 valence electrons. The van der Waals surface area contributed by atoms with Crippen molar-refractivity contribution in [1.82, 2.24) is 5.32 Å². The Labute approximate surface area is 165 Å². The molecule has 5 unspecified atom stereocenters. The number of carbonyl (C=O) groups excluding carboxylic acids is 2. The molecule has 2 aliphatic heterocycles. The van der Waals surface area contributed by atoms with Crippen LogP contribution >= 0.6 is 0 Å². The molecule has 28 heavy (non-hydrogen) atoms. The molecule has 2 heterocycles. The molecule has 2 saturated heterocycles. The molecule has 0 aromatic heterocycles. The van der Waals surface area contributed by atoms with Crippen LogP contribution in [0, 0.1) is 11.8 Å². The Hall–Kier alpha value is -1.92. The Morgan fingerprint density at radius 1 is 1.21 bits per heavy atom. The topological polar surface area (TPSA) is 73.9 Å². The maximum absolute atomic E-state index is 12.8. The summed E-state index contributed by atoms with van der Waals surface area (Å²) in [4.78, 5) is 24.9. The van der Waals surface area contributed by atoms with E-state index in [1.54, 1.807) is 0 Å². The van der Waals surface area contributed by atoms with Crippen LogP contribution in [0.4, 0.5) is 0 Å². The molecule has 1 N–H and O–H groups in total. The molecule has 0 bridgehead atoms. The fourth-order valence-electron chi connectivity index (χ4n) is 3.94. The van der Waals surface area contributed by atoms with Crippen LogP contribution < -0.4 is 10.1 Å². The van der Waals surface area contributed by atoms with Crippen LogP contribution in [-0.4, -0.2) is 49.3 Å². The third-order valence-electron chi connectivity index (χ3n) is 5.95. The number of Topliss-reactive ketones (excluding diaryl/α,β-unsaturated/α-hetero) is 1. The number of amides is 1. The summed E-state index contributed by atoms with van der Waals surface area (Å²) < 4.78 is 17.7. The van der Waals surface area contributed by atoms with Gasteiger partial charge in [-0.25, -0.2) is 0 Å². The van der Waals surface area contributed by atoms with E-state index in [1.807, 2.05) is 31.2 Å². The van der Waals surface area contributed by atoms with Gasteiger partial charge in [0.15, 0.2) is 5.78 Å². The predicted molar refractivity (Wildman–Crippen MR) is 103 cm³/mol. The molecular weight excluding hydrogens is 358 g/mol. The monoisotopic (exact) mass is 387 g/mol. The zero-order valence-electron chi connectivity index (χ0n) is 16.6. The lowest BCUT2D eigenvalue weighted by Crippen LogP contribution is -2.44. The molecule has 3 fully saturated rings. The molecule has 5 atom stereocenters. The first kappa shape index (κ1) is 19.4. The van der Waals surface area contributed by atoms with Gasteiger partial charge in [0.2, 0.25) is 5.91 Å². The number of rotatable bonds is 8. The smallest absolute Gasteiger partial charge is 0.223 e. The highest BCUT2D eigenvalue weighted by Gasteiger charge is 2.49. The number of benzene rings is 1. The van der Waals surface area contributed by atoms with Crippen LogP contribution in [0.15, 0.2) is 24.3 Å². The standard InChI is InChI=1S/C22H29NO5/c1-3-13(2)28-17-6-4-5-15(9-17)19(24)10-16-11-26-21-18(12-27-20(16)21)23-22(25)14-7-8-14/h4-6,9,13-14,16,18,20-21H,3,7-8,10-12H2,1-2H3,(H,23,25). The third kappa shape index (κ3) is 4.23. The van der Waals surface area contributed by atoms with E-state index in [9.17, 15) is 9.59 Å². The first-order valence-electron chi connectivity index (χ1n) is 10.4. The lowest BCUT2D eigenvalue weighted by molar-refractivity contribution is -0.123. The Kier molecular flexibility index (Phi) is 5.69.